The summed E-state index contributed by atoms with van der Waals surface area (Å²) in [5.41, 5.74) is 2.54. The van der Waals surface area contributed by atoms with Gasteiger partial charge in [-0.15, -0.1) is 0 Å². The fraction of sp³-hybridized carbons (Fsp3) is 0.286. The Bertz CT molecular complexity index is 600. The summed E-state index contributed by atoms with van der Waals surface area (Å²) in [6, 6.07) is 7.63. The van der Waals surface area contributed by atoms with Crippen LogP contribution < -0.4 is 4.74 Å². The summed E-state index contributed by atoms with van der Waals surface area (Å²) < 4.78 is 6.81. The summed E-state index contributed by atoms with van der Waals surface area (Å²) in [5.74, 6) is -0.140. The average molecular weight is 260 g/mol. The number of aromatic nitrogens is 2. The molecule has 0 unspecified atom stereocenters. The van der Waals surface area contributed by atoms with Gasteiger partial charge >= 0.3 is 5.97 Å². The monoisotopic (exact) mass is 260 g/mol. The molecule has 0 aliphatic rings. The summed E-state index contributed by atoms with van der Waals surface area (Å²) in [6.07, 6.45) is 0. The van der Waals surface area contributed by atoms with Gasteiger partial charge in [0.1, 0.15) is 11.3 Å². The molecule has 100 valence electrons. The first-order valence-electron chi connectivity index (χ1n) is 5.93. The molecule has 0 aliphatic carbocycles. The van der Waals surface area contributed by atoms with E-state index in [0.717, 1.165) is 11.3 Å². The van der Waals surface area contributed by atoms with Crippen LogP contribution in [0.5, 0.6) is 5.75 Å². The third-order valence-corrected chi connectivity index (χ3v) is 3.09. The molecule has 2 aromatic rings. The van der Waals surface area contributed by atoms with Crippen LogP contribution in [0.1, 0.15) is 27.3 Å². The number of nitrogens with zero attached hydrogens (tertiary/aromatic N) is 2. The van der Waals surface area contributed by atoms with Gasteiger partial charge in [0.25, 0.3) is 0 Å². The lowest BCUT2D eigenvalue weighted by Gasteiger charge is -2.06. The first-order valence-corrected chi connectivity index (χ1v) is 5.93. The number of aryl methyl sites for hydroxylation is 1. The minimum atomic E-state index is -0.934. The Balaban J connectivity index is 2.28. The number of ether oxygens (including phenoxy) is 1. The zero-order valence-corrected chi connectivity index (χ0v) is 11.2. The maximum Gasteiger partial charge on any atom is 0.339 e. The number of methoxy groups -OCH3 is 1. The molecule has 1 N–H and O–H groups in total. The van der Waals surface area contributed by atoms with Crippen molar-refractivity contribution in [2.75, 3.05) is 7.11 Å². The van der Waals surface area contributed by atoms with E-state index >= 15 is 0 Å². The van der Waals surface area contributed by atoms with Crippen molar-refractivity contribution in [1.82, 2.24) is 9.78 Å². The van der Waals surface area contributed by atoms with Crippen molar-refractivity contribution in [3.8, 4) is 5.75 Å². The van der Waals surface area contributed by atoms with E-state index in [1.807, 2.05) is 24.3 Å². The molecule has 0 atom stereocenters. The predicted molar refractivity (Wildman–Crippen MR) is 70.8 cm³/mol. The number of benzene rings is 1. The highest BCUT2D eigenvalue weighted by atomic mass is 16.5. The van der Waals surface area contributed by atoms with Gasteiger partial charge in [0, 0.05) is 0 Å². The van der Waals surface area contributed by atoms with Crippen LogP contribution in [0.2, 0.25) is 0 Å². The van der Waals surface area contributed by atoms with E-state index in [1.165, 1.54) is 0 Å². The minimum absolute atomic E-state index is 0.286. The molecule has 0 amide bonds. The number of rotatable bonds is 4. The van der Waals surface area contributed by atoms with E-state index < -0.39 is 5.97 Å². The quantitative estimate of drug-likeness (QED) is 0.915. The van der Waals surface area contributed by atoms with Gasteiger partial charge in [-0.05, 0) is 31.5 Å². The molecule has 19 heavy (non-hydrogen) atoms. The van der Waals surface area contributed by atoms with Gasteiger partial charge in [0.15, 0.2) is 0 Å². The second kappa shape index (κ2) is 5.14. The van der Waals surface area contributed by atoms with E-state index in [4.69, 9.17) is 9.84 Å². The fourth-order valence-corrected chi connectivity index (χ4v) is 2.06. The Hall–Kier alpha value is -2.30. The number of carboxylic acid groups (broad SMARTS) is 1. The van der Waals surface area contributed by atoms with E-state index in [0.29, 0.717) is 17.9 Å². The zero-order chi connectivity index (χ0) is 14.0. The topological polar surface area (TPSA) is 64.4 Å². The molecule has 0 radical (unpaired) electrons. The molecule has 1 aromatic carbocycles. The Morgan fingerprint density at radius 2 is 1.95 bits per heavy atom. The van der Waals surface area contributed by atoms with Gasteiger partial charge < -0.3 is 9.84 Å². The lowest BCUT2D eigenvalue weighted by atomic mass is 10.2. The lowest BCUT2D eigenvalue weighted by molar-refractivity contribution is 0.0695. The van der Waals surface area contributed by atoms with Crippen molar-refractivity contribution >= 4 is 5.97 Å². The molecular weight excluding hydrogens is 244 g/mol. The van der Waals surface area contributed by atoms with E-state index in [-0.39, 0.29) is 5.56 Å². The third kappa shape index (κ3) is 2.59. The first-order chi connectivity index (χ1) is 9.02. The summed E-state index contributed by atoms with van der Waals surface area (Å²) in [7, 11) is 1.62. The average Bonchev–Trinajstić information content (AvgIpc) is 2.65. The maximum absolute atomic E-state index is 11.1. The third-order valence-electron chi connectivity index (χ3n) is 3.09. The van der Waals surface area contributed by atoms with Crippen LogP contribution in [0.3, 0.4) is 0 Å². The number of hydrogen-bond donors (Lipinski definition) is 1. The Kier molecular flexibility index (Phi) is 3.55. The molecule has 0 saturated carbocycles. The Labute approximate surface area is 111 Å². The second-order valence-electron chi connectivity index (χ2n) is 4.36. The van der Waals surface area contributed by atoms with Gasteiger partial charge in [-0.25, -0.2) is 4.79 Å². The van der Waals surface area contributed by atoms with Crippen molar-refractivity contribution < 1.29 is 14.6 Å². The molecule has 5 heteroatoms. The molecule has 5 nitrogen and oxygen atoms in total. The summed E-state index contributed by atoms with van der Waals surface area (Å²) in [5, 5.41) is 13.4. The van der Waals surface area contributed by atoms with Crippen molar-refractivity contribution in [3.63, 3.8) is 0 Å². The SMILES string of the molecule is COc1ccc(Cn2nc(C)c(C(=O)O)c2C)cc1. The zero-order valence-electron chi connectivity index (χ0n) is 11.2. The molecule has 2 rings (SSSR count). The molecule has 0 bridgehead atoms. The van der Waals surface area contributed by atoms with Gasteiger partial charge in [-0.3, -0.25) is 4.68 Å². The predicted octanol–water partition coefficient (Wildman–Crippen LogP) is 2.26. The van der Waals surface area contributed by atoms with Crippen molar-refractivity contribution in [1.29, 1.82) is 0 Å². The summed E-state index contributed by atoms with van der Waals surface area (Å²) in [4.78, 5) is 11.1. The van der Waals surface area contributed by atoms with Gasteiger partial charge in [-0.1, -0.05) is 12.1 Å². The lowest BCUT2D eigenvalue weighted by Crippen LogP contribution is -2.05. The number of carboxylic acids is 1. The van der Waals surface area contributed by atoms with Crippen LogP contribution in [0.4, 0.5) is 0 Å². The second-order valence-corrected chi connectivity index (χ2v) is 4.36. The van der Waals surface area contributed by atoms with Crippen molar-refractivity contribution in [2.45, 2.75) is 20.4 Å². The molecule has 1 heterocycles. The molecule has 0 aliphatic heterocycles. The largest absolute Gasteiger partial charge is 0.497 e. The summed E-state index contributed by atoms with van der Waals surface area (Å²) >= 11 is 0. The molecule has 1 aromatic heterocycles. The fourth-order valence-electron chi connectivity index (χ4n) is 2.06. The first kappa shape index (κ1) is 13.1. The smallest absolute Gasteiger partial charge is 0.339 e. The number of aromatic carboxylic acids is 1. The molecule has 0 saturated heterocycles. The molecule has 0 spiro atoms. The Morgan fingerprint density at radius 3 is 2.42 bits per heavy atom. The normalized spacial score (nSPS) is 10.5. The molecular formula is C14H16N2O3. The summed E-state index contributed by atoms with van der Waals surface area (Å²) in [6.45, 7) is 4.03. The van der Waals surface area contributed by atoms with Gasteiger partial charge in [0.2, 0.25) is 0 Å². The van der Waals surface area contributed by atoms with E-state index in [1.54, 1.807) is 25.6 Å². The van der Waals surface area contributed by atoms with E-state index in [2.05, 4.69) is 5.10 Å². The minimum Gasteiger partial charge on any atom is -0.497 e. The number of carbonyl (C=O) groups is 1. The van der Waals surface area contributed by atoms with Crippen LogP contribution in [-0.2, 0) is 6.54 Å². The highest BCUT2D eigenvalue weighted by Gasteiger charge is 2.17. The van der Waals surface area contributed by atoms with Crippen LogP contribution in [0.15, 0.2) is 24.3 Å². The standard InChI is InChI=1S/C14H16N2O3/c1-9-13(14(17)18)10(2)16(15-9)8-11-4-6-12(19-3)7-5-11/h4-7H,8H2,1-3H3,(H,17,18). The highest BCUT2D eigenvalue weighted by Crippen LogP contribution is 2.16. The Morgan fingerprint density at radius 1 is 1.32 bits per heavy atom. The van der Waals surface area contributed by atoms with Crippen molar-refractivity contribution in [3.05, 3.63) is 46.8 Å². The van der Waals surface area contributed by atoms with Crippen LogP contribution >= 0.6 is 0 Å². The maximum atomic E-state index is 11.1. The van der Waals surface area contributed by atoms with Crippen LogP contribution in [0.25, 0.3) is 0 Å². The molecule has 0 fully saturated rings. The van der Waals surface area contributed by atoms with E-state index in [9.17, 15) is 4.79 Å². The van der Waals surface area contributed by atoms with Crippen LogP contribution in [0, 0.1) is 13.8 Å². The highest BCUT2D eigenvalue weighted by molar-refractivity contribution is 5.90. The van der Waals surface area contributed by atoms with Gasteiger partial charge in [0.05, 0.1) is 25.0 Å². The van der Waals surface area contributed by atoms with Crippen LogP contribution in [-0.4, -0.2) is 28.0 Å². The van der Waals surface area contributed by atoms with Gasteiger partial charge in [-0.2, -0.15) is 5.10 Å². The van der Waals surface area contributed by atoms with Crippen molar-refractivity contribution in [2.24, 2.45) is 0 Å². The number of hydrogen-bond acceptors (Lipinski definition) is 3.